The van der Waals surface area contributed by atoms with Gasteiger partial charge in [0.25, 0.3) is 0 Å². The third-order valence-electron chi connectivity index (χ3n) is 3.51. The zero-order valence-corrected chi connectivity index (χ0v) is 12.1. The van der Waals surface area contributed by atoms with E-state index in [2.05, 4.69) is 10.6 Å². The number of carbonyl (C=O) groups excluding carboxylic acids is 1. The Balaban J connectivity index is 1.78. The lowest BCUT2D eigenvalue weighted by atomic mass is 10.1. The first-order valence-corrected chi connectivity index (χ1v) is 6.98. The number of rotatable bonds is 5. The van der Waals surface area contributed by atoms with Crippen molar-refractivity contribution in [2.45, 2.75) is 24.9 Å². The summed E-state index contributed by atoms with van der Waals surface area (Å²) in [4.78, 5) is 13.9. The van der Waals surface area contributed by atoms with Crippen LogP contribution in [0.2, 0.25) is 0 Å². The molecular weight excluding hydrogens is 258 g/mol. The first-order valence-electron chi connectivity index (χ1n) is 6.98. The summed E-state index contributed by atoms with van der Waals surface area (Å²) < 4.78 is 10.7. The maximum atomic E-state index is 11.9. The summed E-state index contributed by atoms with van der Waals surface area (Å²) in [6, 6.07) is 3.89. The van der Waals surface area contributed by atoms with Gasteiger partial charge in [-0.3, -0.25) is 4.90 Å². The van der Waals surface area contributed by atoms with E-state index in [0.29, 0.717) is 6.54 Å². The van der Waals surface area contributed by atoms with E-state index in [1.54, 1.807) is 6.26 Å². The van der Waals surface area contributed by atoms with Gasteiger partial charge in [0.1, 0.15) is 5.76 Å². The molecule has 2 amide bonds. The Morgan fingerprint density at radius 1 is 1.45 bits per heavy atom. The van der Waals surface area contributed by atoms with Gasteiger partial charge in [-0.1, -0.05) is 0 Å². The molecule has 6 nitrogen and oxygen atoms in total. The van der Waals surface area contributed by atoms with E-state index in [4.69, 9.17) is 9.15 Å². The number of furan rings is 1. The molecule has 2 rings (SSSR count). The molecule has 0 unspecified atom stereocenters. The highest BCUT2D eigenvalue weighted by Crippen LogP contribution is 2.17. The van der Waals surface area contributed by atoms with E-state index in [1.807, 2.05) is 31.1 Å². The van der Waals surface area contributed by atoms with Crippen LogP contribution in [0.3, 0.4) is 0 Å². The molecule has 0 bridgehead atoms. The zero-order chi connectivity index (χ0) is 14.4. The number of hydrogen-bond acceptors (Lipinski definition) is 4. The molecule has 0 aromatic carbocycles. The lowest BCUT2D eigenvalue weighted by Gasteiger charge is -2.25. The van der Waals surface area contributed by atoms with Gasteiger partial charge in [-0.25, -0.2) is 4.79 Å². The van der Waals surface area contributed by atoms with Crippen LogP contribution in [0.5, 0.6) is 0 Å². The molecular formula is C14H23N3O3. The van der Waals surface area contributed by atoms with Crippen molar-refractivity contribution in [1.82, 2.24) is 15.5 Å². The zero-order valence-electron chi connectivity index (χ0n) is 12.1. The molecule has 1 fully saturated rings. The second-order valence-corrected chi connectivity index (χ2v) is 5.24. The van der Waals surface area contributed by atoms with Crippen molar-refractivity contribution in [2.24, 2.45) is 0 Å². The van der Waals surface area contributed by atoms with Crippen LogP contribution in [0.1, 0.15) is 24.6 Å². The van der Waals surface area contributed by atoms with Crippen molar-refractivity contribution >= 4 is 6.03 Å². The van der Waals surface area contributed by atoms with Crippen molar-refractivity contribution in [3.63, 3.8) is 0 Å². The number of nitrogens with zero attached hydrogens (tertiary/aromatic N) is 1. The first-order chi connectivity index (χ1) is 9.66. The second-order valence-electron chi connectivity index (χ2n) is 5.24. The molecule has 1 saturated heterocycles. The van der Waals surface area contributed by atoms with Crippen LogP contribution >= 0.6 is 0 Å². The third kappa shape index (κ3) is 4.25. The summed E-state index contributed by atoms with van der Waals surface area (Å²) in [5.41, 5.74) is 0. The summed E-state index contributed by atoms with van der Waals surface area (Å²) in [6.45, 7) is 1.95. The maximum absolute atomic E-state index is 11.9. The molecule has 0 aliphatic carbocycles. The maximum Gasteiger partial charge on any atom is 0.315 e. The number of carbonyl (C=O) groups is 1. The van der Waals surface area contributed by atoms with E-state index in [1.165, 1.54) is 0 Å². The molecule has 1 aromatic heterocycles. The molecule has 6 heteroatoms. The molecule has 0 radical (unpaired) electrons. The van der Waals surface area contributed by atoms with Gasteiger partial charge in [-0.15, -0.1) is 0 Å². The molecule has 1 atom stereocenters. The Morgan fingerprint density at radius 2 is 2.20 bits per heavy atom. The van der Waals surface area contributed by atoms with Gasteiger partial charge in [0, 0.05) is 25.8 Å². The fourth-order valence-corrected chi connectivity index (χ4v) is 2.29. The summed E-state index contributed by atoms with van der Waals surface area (Å²) in [7, 11) is 3.93. The molecule has 20 heavy (non-hydrogen) atoms. The molecule has 2 heterocycles. The Hall–Kier alpha value is -1.53. The van der Waals surface area contributed by atoms with Gasteiger partial charge < -0.3 is 19.8 Å². The Morgan fingerprint density at radius 3 is 2.80 bits per heavy atom. The molecule has 1 aromatic rings. The predicted octanol–water partition coefficient (Wildman–Crippen LogP) is 1.36. The highest BCUT2D eigenvalue weighted by atomic mass is 16.5. The molecule has 0 saturated carbocycles. The monoisotopic (exact) mass is 281 g/mol. The van der Waals surface area contributed by atoms with E-state index in [0.717, 1.165) is 31.8 Å². The predicted molar refractivity (Wildman–Crippen MR) is 75.5 cm³/mol. The average Bonchev–Trinajstić information content (AvgIpc) is 2.93. The number of nitrogens with one attached hydrogen (secondary N) is 2. The van der Waals surface area contributed by atoms with Crippen LogP contribution in [0, 0.1) is 0 Å². The summed E-state index contributed by atoms with van der Waals surface area (Å²) >= 11 is 0. The number of likely N-dealkylation sites (N-methyl/N-ethyl adjacent to an activating group) is 1. The van der Waals surface area contributed by atoms with E-state index in [-0.39, 0.29) is 18.1 Å². The number of amides is 2. The molecule has 2 N–H and O–H groups in total. The van der Waals surface area contributed by atoms with Crippen molar-refractivity contribution < 1.29 is 13.9 Å². The minimum absolute atomic E-state index is 0.0328. The lowest BCUT2D eigenvalue weighted by Crippen LogP contribution is -2.46. The van der Waals surface area contributed by atoms with Crippen LogP contribution in [0.15, 0.2) is 22.8 Å². The van der Waals surface area contributed by atoms with Gasteiger partial charge in [0.15, 0.2) is 0 Å². The smallest absolute Gasteiger partial charge is 0.315 e. The second kappa shape index (κ2) is 7.31. The third-order valence-corrected chi connectivity index (χ3v) is 3.51. The quantitative estimate of drug-likeness (QED) is 0.855. The van der Waals surface area contributed by atoms with Gasteiger partial charge in [-0.2, -0.15) is 0 Å². The van der Waals surface area contributed by atoms with Crippen LogP contribution in [0.25, 0.3) is 0 Å². The largest absolute Gasteiger partial charge is 0.468 e. The SMILES string of the molecule is CN(C)[C@H](CNC(=O)NC1CCOCC1)c1ccco1. The summed E-state index contributed by atoms with van der Waals surface area (Å²) in [6.07, 6.45) is 3.40. The average molecular weight is 281 g/mol. The fourth-order valence-electron chi connectivity index (χ4n) is 2.29. The van der Waals surface area contributed by atoms with Crippen molar-refractivity contribution in [3.05, 3.63) is 24.2 Å². The summed E-state index contributed by atoms with van der Waals surface area (Å²) in [5, 5.41) is 5.89. The molecule has 1 aliphatic rings. The van der Waals surface area contributed by atoms with Crippen LogP contribution in [-0.4, -0.2) is 50.8 Å². The number of urea groups is 1. The molecule has 1 aliphatic heterocycles. The van der Waals surface area contributed by atoms with Gasteiger partial charge in [0.05, 0.1) is 12.3 Å². The molecule has 112 valence electrons. The van der Waals surface area contributed by atoms with Crippen LogP contribution in [0.4, 0.5) is 4.79 Å². The highest BCUT2D eigenvalue weighted by molar-refractivity contribution is 5.74. The van der Waals surface area contributed by atoms with E-state index >= 15 is 0 Å². The van der Waals surface area contributed by atoms with E-state index in [9.17, 15) is 4.79 Å². The van der Waals surface area contributed by atoms with E-state index < -0.39 is 0 Å². The van der Waals surface area contributed by atoms with Gasteiger partial charge >= 0.3 is 6.03 Å². The standard InChI is InChI=1S/C14H23N3O3/c1-17(2)12(13-4-3-7-20-13)10-15-14(18)16-11-5-8-19-9-6-11/h3-4,7,11-12H,5-6,8-10H2,1-2H3,(H2,15,16,18)/t12-/m1/s1. The Kier molecular flexibility index (Phi) is 5.43. The van der Waals surface area contributed by atoms with Gasteiger partial charge in [0.2, 0.25) is 0 Å². The Bertz CT molecular complexity index is 400. The minimum Gasteiger partial charge on any atom is -0.468 e. The topological polar surface area (TPSA) is 66.7 Å². The molecule has 0 spiro atoms. The van der Waals surface area contributed by atoms with Crippen LogP contribution < -0.4 is 10.6 Å². The minimum atomic E-state index is -0.129. The van der Waals surface area contributed by atoms with Crippen molar-refractivity contribution in [2.75, 3.05) is 33.9 Å². The lowest BCUT2D eigenvalue weighted by molar-refractivity contribution is 0.0800. The Labute approximate surface area is 119 Å². The highest BCUT2D eigenvalue weighted by Gasteiger charge is 2.19. The van der Waals surface area contributed by atoms with Crippen molar-refractivity contribution in [3.8, 4) is 0 Å². The first kappa shape index (κ1) is 14.9. The summed E-state index contributed by atoms with van der Waals surface area (Å²) in [5.74, 6) is 0.848. The number of hydrogen-bond donors (Lipinski definition) is 2. The van der Waals surface area contributed by atoms with Gasteiger partial charge in [-0.05, 0) is 39.1 Å². The van der Waals surface area contributed by atoms with Crippen molar-refractivity contribution in [1.29, 1.82) is 0 Å². The number of ether oxygens (including phenoxy) is 1. The fraction of sp³-hybridized carbons (Fsp3) is 0.643. The van der Waals surface area contributed by atoms with Crippen LogP contribution in [-0.2, 0) is 4.74 Å². The normalized spacial score (nSPS) is 17.9.